The van der Waals surface area contributed by atoms with E-state index in [2.05, 4.69) is 10.6 Å². The van der Waals surface area contributed by atoms with E-state index in [-0.39, 0.29) is 16.5 Å². The van der Waals surface area contributed by atoms with E-state index in [0.29, 0.717) is 5.75 Å². The van der Waals surface area contributed by atoms with Crippen LogP contribution in [0.15, 0.2) is 12.1 Å². The minimum absolute atomic E-state index is 0.225. The van der Waals surface area contributed by atoms with E-state index in [0.717, 1.165) is 0 Å². The van der Waals surface area contributed by atoms with Gasteiger partial charge in [0.1, 0.15) is 11.5 Å². The Morgan fingerprint density at radius 2 is 1.90 bits per heavy atom. The molecule has 0 saturated heterocycles. The molecule has 0 radical (unpaired) electrons. The van der Waals surface area contributed by atoms with Crippen molar-refractivity contribution >= 4 is 29.3 Å². The van der Waals surface area contributed by atoms with Gasteiger partial charge in [-0.3, -0.25) is 0 Å². The molecule has 116 valence electrons. The number of hydrogen-bond acceptors (Lipinski definition) is 5. The third-order valence-electron chi connectivity index (χ3n) is 2.51. The first kappa shape index (κ1) is 16.9. The van der Waals surface area contributed by atoms with Crippen LogP contribution in [0, 0.1) is 0 Å². The summed E-state index contributed by atoms with van der Waals surface area (Å²) in [6, 6.07) is 0.632. The fourth-order valence-corrected chi connectivity index (χ4v) is 1.70. The summed E-state index contributed by atoms with van der Waals surface area (Å²) in [5.41, 5.74) is 0.225. The molecule has 0 aliphatic rings. The summed E-state index contributed by atoms with van der Waals surface area (Å²) in [6.07, 6.45) is 0. The summed E-state index contributed by atoms with van der Waals surface area (Å²) in [5.74, 6) is -0.715. The maximum atomic E-state index is 11.7. The lowest BCUT2D eigenvalue weighted by molar-refractivity contribution is -0.140. The van der Waals surface area contributed by atoms with Crippen molar-refractivity contribution in [3.8, 4) is 11.5 Å². The Kier molecular flexibility index (Phi) is 6.07. The first-order valence-electron chi connectivity index (χ1n) is 5.75. The normalized spacial score (nSPS) is 11.4. The molecule has 1 atom stereocenters. The Bertz CT molecular complexity index is 537. The number of halogens is 1. The Labute approximate surface area is 125 Å². The van der Waals surface area contributed by atoms with Crippen molar-refractivity contribution in [3.63, 3.8) is 0 Å². The molecule has 9 heteroatoms. The highest BCUT2D eigenvalue weighted by atomic mass is 35.5. The zero-order chi connectivity index (χ0) is 16.0. The third kappa shape index (κ3) is 4.40. The number of benzene rings is 1. The van der Waals surface area contributed by atoms with E-state index >= 15 is 0 Å². The Balaban J connectivity index is 2.89. The number of aliphatic carboxylic acids is 1. The summed E-state index contributed by atoms with van der Waals surface area (Å²) >= 11 is 5.94. The van der Waals surface area contributed by atoms with Crippen molar-refractivity contribution < 1.29 is 29.3 Å². The van der Waals surface area contributed by atoms with Crippen molar-refractivity contribution in [1.82, 2.24) is 5.32 Å². The number of anilines is 1. The molecule has 21 heavy (non-hydrogen) atoms. The van der Waals surface area contributed by atoms with E-state index in [1.165, 1.54) is 26.4 Å². The van der Waals surface area contributed by atoms with Crippen LogP contribution in [0.3, 0.4) is 0 Å². The zero-order valence-corrected chi connectivity index (χ0v) is 12.1. The molecule has 8 nitrogen and oxygen atoms in total. The zero-order valence-electron chi connectivity index (χ0n) is 11.3. The second-order valence-electron chi connectivity index (χ2n) is 3.86. The number of rotatable bonds is 6. The predicted octanol–water partition coefficient (Wildman–Crippen LogP) is 0.924. The number of methoxy groups -OCH3 is 2. The molecule has 0 aliphatic heterocycles. The van der Waals surface area contributed by atoms with Gasteiger partial charge in [-0.2, -0.15) is 0 Å². The van der Waals surface area contributed by atoms with Crippen LogP contribution in [0.4, 0.5) is 10.5 Å². The third-order valence-corrected chi connectivity index (χ3v) is 2.80. The average Bonchev–Trinajstić information content (AvgIpc) is 2.44. The van der Waals surface area contributed by atoms with Crippen LogP contribution < -0.4 is 20.1 Å². The molecule has 1 aromatic carbocycles. The van der Waals surface area contributed by atoms with Crippen molar-refractivity contribution in [2.75, 3.05) is 26.1 Å². The number of carbonyl (C=O) groups excluding carboxylic acids is 1. The van der Waals surface area contributed by atoms with Crippen molar-refractivity contribution in [3.05, 3.63) is 17.2 Å². The molecule has 4 N–H and O–H groups in total. The van der Waals surface area contributed by atoms with Gasteiger partial charge in [-0.25, -0.2) is 9.59 Å². The number of urea groups is 1. The smallest absolute Gasteiger partial charge is 0.328 e. The first-order valence-corrected chi connectivity index (χ1v) is 6.13. The Hall–Kier alpha value is -2.19. The van der Waals surface area contributed by atoms with Gasteiger partial charge in [0.15, 0.2) is 6.04 Å². The highest BCUT2D eigenvalue weighted by molar-refractivity contribution is 6.32. The summed E-state index contributed by atoms with van der Waals surface area (Å²) in [5, 5.41) is 22.3. The number of carboxylic acids is 1. The number of amides is 2. The minimum Gasteiger partial charge on any atom is -0.495 e. The second kappa shape index (κ2) is 7.55. The van der Waals surface area contributed by atoms with Crippen LogP contribution in [0.5, 0.6) is 11.5 Å². The molecule has 0 heterocycles. The molecular formula is C12H15ClN2O6. The number of hydrogen-bond donors (Lipinski definition) is 4. The molecule has 0 saturated carbocycles. The van der Waals surface area contributed by atoms with E-state index in [4.69, 9.17) is 31.3 Å². The lowest BCUT2D eigenvalue weighted by Crippen LogP contribution is -2.45. The number of carbonyl (C=O) groups is 2. The number of aliphatic hydroxyl groups excluding tert-OH is 1. The fraction of sp³-hybridized carbons (Fsp3) is 0.333. The van der Waals surface area contributed by atoms with E-state index in [1.807, 2.05) is 0 Å². The molecule has 2 amide bonds. The molecule has 1 unspecified atom stereocenters. The van der Waals surface area contributed by atoms with Gasteiger partial charge < -0.3 is 30.3 Å². The van der Waals surface area contributed by atoms with Crippen LogP contribution in [0.2, 0.25) is 5.02 Å². The monoisotopic (exact) mass is 318 g/mol. The van der Waals surface area contributed by atoms with Crippen molar-refractivity contribution in [2.45, 2.75) is 6.04 Å². The van der Waals surface area contributed by atoms with Crippen LogP contribution in [0.1, 0.15) is 0 Å². The van der Waals surface area contributed by atoms with Gasteiger partial charge in [-0.15, -0.1) is 0 Å². The minimum atomic E-state index is -1.41. The molecule has 0 spiro atoms. The lowest BCUT2D eigenvalue weighted by atomic mass is 10.2. The summed E-state index contributed by atoms with van der Waals surface area (Å²) in [7, 11) is 2.82. The van der Waals surface area contributed by atoms with Crippen LogP contribution in [-0.4, -0.2) is 49.1 Å². The highest BCUT2D eigenvalue weighted by Gasteiger charge is 2.20. The molecular weight excluding hydrogens is 304 g/mol. The Morgan fingerprint density at radius 3 is 2.38 bits per heavy atom. The van der Waals surface area contributed by atoms with Crippen LogP contribution in [-0.2, 0) is 4.79 Å². The molecule has 0 bridgehead atoms. The van der Waals surface area contributed by atoms with E-state index in [1.54, 1.807) is 0 Å². The van der Waals surface area contributed by atoms with Crippen molar-refractivity contribution in [2.24, 2.45) is 0 Å². The largest absolute Gasteiger partial charge is 0.495 e. The average molecular weight is 319 g/mol. The lowest BCUT2D eigenvalue weighted by Gasteiger charge is -2.15. The molecule has 0 aliphatic carbocycles. The standard InChI is InChI=1S/C12H15ClN2O6/c1-20-9-4-10(21-2)7(3-6(9)13)14-12(19)15-8(5-16)11(17)18/h3-4,8,16H,5H2,1-2H3,(H,17,18)(H2,14,15,19). The predicted molar refractivity (Wildman–Crippen MR) is 75.2 cm³/mol. The number of carboxylic acid groups (broad SMARTS) is 1. The van der Waals surface area contributed by atoms with E-state index in [9.17, 15) is 9.59 Å². The number of ether oxygens (including phenoxy) is 2. The van der Waals surface area contributed by atoms with Gasteiger partial charge >= 0.3 is 12.0 Å². The number of aliphatic hydroxyl groups is 1. The molecule has 1 rings (SSSR count). The van der Waals surface area contributed by atoms with Gasteiger partial charge in [0.2, 0.25) is 0 Å². The van der Waals surface area contributed by atoms with Crippen molar-refractivity contribution in [1.29, 1.82) is 0 Å². The maximum absolute atomic E-state index is 11.7. The quantitative estimate of drug-likeness (QED) is 0.619. The molecule has 1 aromatic rings. The molecule has 0 aromatic heterocycles. The topological polar surface area (TPSA) is 117 Å². The second-order valence-corrected chi connectivity index (χ2v) is 4.27. The maximum Gasteiger partial charge on any atom is 0.328 e. The van der Waals surface area contributed by atoms with Gasteiger partial charge in [0, 0.05) is 6.07 Å². The van der Waals surface area contributed by atoms with Gasteiger partial charge in [-0.05, 0) is 6.07 Å². The molecule has 0 fully saturated rings. The summed E-state index contributed by atoms with van der Waals surface area (Å²) < 4.78 is 10.1. The first-order chi connectivity index (χ1) is 9.92. The SMILES string of the molecule is COc1cc(OC)c(NC(=O)NC(CO)C(=O)O)cc1Cl. The fourth-order valence-electron chi connectivity index (χ4n) is 1.46. The Morgan fingerprint density at radius 1 is 1.29 bits per heavy atom. The number of nitrogens with one attached hydrogen (secondary N) is 2. The summed E-state index contributed by atoms with van der Waals surface area (Å²) in [6.45, 7) is -0.733. The van der Waals surface area contributed by atoms with Crippen LogP contribution >= 0.6 is 11.6 Å². The van der Waals surface area contributed by atoms with Crippen LogP contribution in [0.25, 0.3) is 0 Å². The summed E-state index contributed by atoms with van der Waals surface area (Å²) in [4.78, 5) is 22.4. The van der Waals surface area contributed by atoms with E-state index < -0.39 is 24.6 Å². The van der Waals surface area contributed by atoms with Gasteiger partial charge in [-0.1, -0.05) is 11.6 Å². The highest BCUT2D eigenvalue weighted by Crippen LogP contribution is 2.35. The van der Waals surface area contributed by atoms with Gasteiger partial charge in [0.25, 0.3) is 0 Å². The van der Waals surface area contributed by atoms with Gasteiger partial charge in [0.05, 0.1) is 31.5 Å².